The molecular formula is C9H19NO4S. The van der Waals surface area contributed by atoms with Crippen LogP contribution in [0.4, 0.5) is 0 Å². The van der Waals surface area contributed by atoms with Crippen molar-refractivity contribution < 1.29 is 18.1 Å². The lowest BCUT2D eigenvalue weighted by atomic mass is 10.0. The number of hydrogen-bond acceptors (Lipinski definition) is 4. The fourth-order valence-electron chi connectivity index (χ4n) is 2.38. The van der Waals surface area contributed by atoms with Crippen LogP contribution in [0.2, 0.25) is 0 Å². The van der Waals surface area contributed by atoms with E-state index in [9.17, 15) is 13.5 Å². The Morgan fingerprint density at radius 3 is 1.87 bits per heavy atom. The van der Waals surface area contributed by atoms with E-state index in [0.717, 1.165) is 12.8 Å². The zero-order valence-corrected chi connectivity index (χ0v) is 9.94. The van der Waals surface area contributed by atoms with Gasteiger partial charge >= 0.3 is 0 Å². The van der Waals surface area contributed by atoms with Crippen molar-refractivity contribution in [3.63, 3.8) is 0 Å². The van der Waals surface area contributed by atoms with E-state index < -0.39 is 10.1 Å². The molecule has 0 saturated carbocycles. The summed E-state index contributed by atoms with van der Waals surface area (Å²) in [6.45, 7) is 0. The molecule has 0 radical (unpaired) electrons. The Bertz CT molecular complexity index is 281. The number of aliphatic hydroxyl groups is 1. The SMILES string of the molecule is CN1[C@@H]2CC[C@H]1CC(O)C2.CS(=O)(=O)O. The van der Waals surface area contributed by atoms with Crippen LogP contribution in [0.1, 0.15) is 25.7 Å². The van der Waals surface area contributed by atoms with Gasteiger partial charge in [-0.3, -0.25) is 4.55 Å². The van der Waals surface area contributed by atoms with Gasteiger partial charge in [0.1, 0.15) is 0 Å². The highest BCUT2D eigenvalue weighted by atomic mass is 32.2. The first kappa shape index (κ1) is 12.9. The van der Waals surface area contributed by atoms with Crippen LogP contribution in [0.5, 0.6) is 0 Å². The van der Waals surface area contributed by atoms with Crippen LogP contribution in [-0.4, -0.2) is 54.5 Å². The molecule has 2 aliphatic rings. The van der Waals surface area contributed by atoms with Gasteiger partial charge < -0.3 is 10.0 Å². The number of nitrogens with zero attached hydrogens (tertiary/aromatic N) is 1. The van der Waals surface area contributed by atoms with Gasteiger partial charge in [0.05, 0.1) is 12.4 Å². The summed E-state index contributed by atoms with van der Waals surface area (Å²) in [5.41, 5.74) is 0. The number of fused-ring (bicyclic) bond motifs is 2. The van der Waals surface area contributed by atoms with Crippen molar-refractivity contribution in [1.29, 1.82) is 0 Å². The van der Waals surface area contributed by atoms with Crippen molar-refractivity contribution in [3.8, 4) is 0 Å². The Balaban J connectivity index is 0.000000195. The summed E-state index contributed by atoms with van der Waals surface area (Å²) in [6.07, 6.45) is 5.33. The van der Waals surface area contributed by atoms with E-state index in [1.807, 2.05) is 0 Å². The standard InChI is InChI=1S/C8H15NO.CH4O3S/c1-9-6-2-3-7(9)5-8(10)4-6;1-5(2,3)4/h6-8,10H,2-5H2,1H3;1H3,(H,2,3,4)/t6-,7+,8?;. The Hall–Kier alpha value is -0.170. The molecule has 0 aliphatic carbocycles. The van der Waals surface area contributed by atoms with Crippen LogP contribution in [0.25, 0.3) is 0 Å². The molecule has 0 aromatic carbocycles. The van der Waals surface area contributed by atoms with Crippen molar-refractivity contribution in [1.82, 2.24) is 4.90 Å². The molecule has 15 heavy (non-hydrogen) atoms. The van der Waals surface area contributed by atoms with E-state index >= 15 is 0 Å². The van der Waals surface area contributed by atoms with Gasteiger partial charge in [0.15, 0.2) is 0 Å². The smallest absolute Gasteiger partial charge is 0.261 e. The number of aliphatic hydroxyl groups excluding tert-OH is 1. The molecule has 2 bridgehead atoms. The number of hydrogen-bond donors (Lipinski definition) is 2. The molecule has 6 heteroatoms. The topological polar surface area (TPSA) is 77.8 Å². The largest absolute Gasteiger partial charge is 0.393 e. The summed E-state index contributed by atoms with van der Waals surface area (Å²) in [5, 5.41) is 9.38. The first-order chi connectivity index (χ1) is 6.77. The average Bonchev–Trinajstić information content (AvgIpc) is 2.32. The highest BCUT2D eigenvalue weighted by Gasteiger charge is 2.37. The molecular weight excluding hydrogens is 218 g/mol. The summed E-state index contributed by atoms with van der Waals surface area (Å²) in [7, 11) is -1.48. The molecule has 2 saturated heterocycles. The third-order valence-corrected chi connectivity index (χ3v) is 3.07. The van der Waals surface area contributed by atoms with Gasteiger partial charge in [-0.2, -0.15) is 8.42 Å². The van der Waals surface area contributed by atoms with Crippen molar-refractivity contribution in [2.45, 2.75) is 43.9 Å². The molecule has 0 aromatic heterocycles. The summed E-state index contributed by atoms with van der Waals surface area (Å²) in [5.74, 6) is 0. The van der Waals surface area contributed by atoms with Crippen molar-refractivity contribution in [3.05, 3.63) is 0 Å². The minimum atomic E-state index is -3.67. The van der Waals surface area contributed by atoms with Gasteiger partial charge in [0.2, 0.25) is 0 Å². The molecule has 5 nitrogen and oxygen atoms in total. The normalized spacial score (nSPS) is 35.9. The first-order valence-electron chi connectivity index (χ1n) is 5.10. The van der Waals surface area contributed by atoms with Crippen molar-refractivity contribution in [2.75, 3.05) is 13.3 Å². The maximum Gasteiger partial charge on any atom is 0.261 e. The molecule has 2 fully saturated rings. The first-order valence-corrected chi connectivity index (χ1v) is 6.94. The van der Waals surface area contributed by atoms with Gasteiger partial charge in [0.25, 0.3) is 10.1 Å². The third kappa shape index (κ3) is 4.46. The van der Waals surface area contributed by atoms with E-state index in [1.165, 1.54) is 12.8 Å². The molecule has 0 spiro atoms. The van der Waals surface area contributed by atoms with Gasteiger partial charge in [-0.1, -0.05) is 0 Å². The summed E-state index contributed by atoms with van der Waals surface area (Å²) < 4.78 is 25.9. The van der Waals surface area contributed by atoms with Gasteiger partial charge in [0, 0.05) is 12.1 Å². The predicted molar refractivity (Wildman–Crippen MR) is 57.3 cm³/mol. The molecule has 2 N–H and O–H groups in total. The molecule has 3 atom stereocenters. The van der Waals surface area contributed by atoms with Gasteiger partial charge in [-0.05, 0) is 32.7 Å². The number of piperidine rings is 1. The van der Waals surface area contributed by atoms with E-state index in [-0.39, 0.29) is 6.10 Å². The molecule has 2 heterocycles. The molecule has 0 amide bonds. The van der Waals surface area contributed by atoms with E-state index in [4.69, 9.17) is 4.55 Å². The van der Waals surface area contributed by atoms with Crippen LogP contribution in [-0.2, 0) is 10.1 Å². The van der Waals surface area contributed by atoms with Crippen LogP contribution < -0.4 is 0 Å². The lowest BCUT2D eigenvalue weighted by Gasteiger charge is -2.33. The van der Waals surface area contributed by atoms with Crippen LogP contribution in [0, 0.1) is 0 Å². The van der Waals surface area contributed by atoms with Crippen molar-refractivity contribution >= 4 is 10.1 Å². The quantitative estimate of drug-likeness (QED) is 0.585. The Kier molecular flexibility index (Phi) is 4.11. The second-order valence-corrected chi connectivity index (χ2v) is 5.87. The van der Waals surface area contributed by atoms with Gasteiger partial charge in [-0.25, -0.2) is 0 Å². The van der Waals surface area contributed by atoms with E-state index in [0.29, 0.717) is 18.3 Å². The molecule has 90 valence electrons. The van der Waals surface area contributed by atoms with Crippen molar-refractivity contribution in [2.24, 2.45) is 0 Å². The third-order valence-electron chi connectivity index (χ3n) is 3.07. The lowest BCUT2D eigenvalue weighted by molar-refractivity contribution is 0.0503. The molecule has 2 aliphatic heterocycles. The van der Waals surface area contributed by atoms with E-state index in [1.54, 1.807) is 0 Å². The Morgan fingerprint density at radius 2 is 1.53 bits per heavy atom. The lowest BCUT2D eigenvalue weighted by Crippen LogP contribution is -2.41. The van der Waals surface area contributed by atoms with Gasteiger partial charge in [-0.15, -0.1) is 0 Å². The van der Waals surface area contributed by atoms with Crippen LogP contribution in [0.15, 0.2) is 0 Å². The minimum Gasteiger partial charge on any atom is -0.393 e. The predicted octanol–water partition coefficient (Wildman–Crippen LogP) is 0.108. The molecule has 2 rings (SSSR count). The fourth-order valence-corrected chi connectivity index (χ4v) is 2.38. The maximum atomic E-state index is 9.38. The second-order valence-electron chi connectivity index (χ2n) is 4.41. The van der Waals surface area contributed by atoms with E-state index in [2.05, 4.69) is 11.9 Å². The molecule has 1 unspecified atom stereocenters. The minimum absolute atomic E-state index is 0.00583. The maximum absolute atomic E-state index is 9.38. The fraction of sp³-hybridized carbons (Fsp3) is 1.00. The zero-order valence-electron chi connectivity index (χ0n) is 9.13. The Labute approximate surface area is 90.8 Å². The summed E-state index contributed by atoms with van der Waals surface area (Å²) in [6, 6.07) is 1.38. The van der Waals surface area contributed by atoms with Crippen LogP contribution >= 0.6 is 0 Å². The average molecular weight is 237 g/mol. The summed E-state index contributed by atoms with van der Waals surface area (Å²) in [4.78, 5) is 2.44. The highest BCUT2D eigenvalue weighted by molar-refractivity contribution is 7.85. The van der Waals surface area contributed by atoms with Crippen LogP contribution in [0.3, 0.4) is 0 Å². The second kappa shape index (κ2) is 4.78. The monoisotopic (exact) mass is 237 g/mol. The molecule has 0 aromatic rings. The Morgan fingerprint density at radius 1 is 1.20 bits per heavy atom. The summed E-state index contributed by atoms with van der Waals surface area (Å²) >= 11 is 0. The highest BCUT2D eigenvalue weighted by Crippen LogP contribution is 2.33. The number of rotatable bonds is 0. The zero-order chi connectivity index (χ0) is 11.6.